The van der Waals surface area contributed by atoms with Gasteiger partial charge in [-0.15, -0.1) is 12.3 Å². The average molecular weight is 593 g/mol. The molecule has 1 amide bonds. The Bertz CT molecular complexity index is 1710. The van der Waals surface area contributed by atoms with Crippen molar-refractivity contribution in [1.29, 1.82) is 0 Å². The van der Waals surface area contributed by atoms with Gasteiger partial charge in [0.2, 0.25) is 5.91 Å². The first-order chi connectivity index (χ1) is 21.5. The molecule has 9 nitrogen and oxygen atoms in total. The van der Waals surface area contributed by atoms with Crippen molar-refractivity contribution in [2.75, 3.05) is 40.4 Å². The Balaban J connectivity index is 1.14. The molecule has 0 spiro atoms. The highest BCUT2D eigenvalue weighted by atomic mass is 16.5. The number of aromatic amines is 2. The van der Waals surface area contributed by atoms with E-state index in [9.17, 15) is 4.79 Å². The molecule has 3 N–H and O–H groups in total. The lowest BCUT2D eigenvalue weighted by Crippen LogP contribution is -2.24. The predicted molar refractivity (Wildman–Crippen MR) is 176 cm³/mol. The third-order valence-corrected chi connectivity index (χ3v) is 7.25. The molecule has 0 unspecified atom stereocenters. The zero-order valence-corrected chi connectivity index (χ0v) is 25.5. The number of aromatic nitrogens is 4. The molecule has 228 valence electrons. The molecule has 3 aromatic carbocycles. The number of H-pyrrole nitrogens is 2. The van der Waals surface area contributed by atoms with Crippen molar-refractivity contribution >= 4 is 28.0 Å². The standard InChI is InChI=1S/C35H40N6O3/c1-4-5-6-7-19-36-33(42)10-8-21-43-27-15-17-29-31(23-27)39-34(37-29)25-11-13-26(14-12-25)35-38-30-18-16-28(24-32(30)40-35)44-22-9-20-41(2)3/h1,11-18,23-24H,5-10,19-22H2,2-3H3,(H,36,42)(H,37,39)(H,38,40). The first kappa shape index (κ1) is 30.6. The van der Waals surface area contributed by atoms with Gasteiger partial charge in [0.25, 0.3) is 0 Å². The van der Waals surface area contributed by atoms with Crippen LogP contribution in [-0.2, 0) is 4.79 Å². The van der Waals surface area contributed by atoms with E-state index in [0.29, 0.717) is 32.6 Å². The summed E-state index contributed by atoms with van der Waals surface area (Å²) in [5.41, 5.74) is 5.56. The highest BCUT2D eigenvalue weighted by Gasteiger charge is 2.10. The maximum absolute atomic E-state index is 12.0. The minimum Gasteiger partial charge on any atom is -0.494 e. The van der Waals surface area contributed by atoms with Crippen molar-refractivity contribution in [2.45, 2.75) is 38.5 Å². The number of fused-ring (bicyclic) bond motifs is 2. The van der Waals surface area contributed by atoms with E-state index in [1.54, 1.807) is 0 Å². The van der Waals surface area contributed by atoms with E-state index < -0.39 is 0 Å². The van der Waals surface area contributed by atoms with Gasteiger partial charge >= 0.3 is 0 Å². The van der Waals surface area contributed by atoms with Gasteiger partial charge in [0.15, 0.2) is 0 Å². The fraction of sp³-hybridized carbons (Fsp3) is 0.343. The number of amides is 1. The molecule has 5 aromatic rings. The number of rotatable bonds is 16. The maximum Gasteiger partial charge on any atom is 0.220 e. The Morgan fingerprint density at radius 2 is 1.39 bits per heavy atom. The van der Waals surface area contributed by atoms with Crippen molar-refractivity contribution in [3.63, 3.8) is 0 Å². The van der Waals surface area contributed by atoms with Crippen LogP contribution in [0.4, 0.5) is 0 Å². The fourth-order valence-electron chi connectivity index (χ4n) is 4.87. The summed E-state index contributed by atoms with van der Waals surface area (Å²) < 4.78 is 11.8. The number of ether oxygens (including phenoxy) is 2. The van der Waals surface area contributed by atoms with Crippen LogP contribution in [0.2, 0.25) is 0 Å². The van der Waals surface area contributed by atoms with Crippen molar-refractivity contribution in [2.24, 2.45) is 0 Å². The Hall–Kier alpha value is -4.81. The number of nitrogens with one attached hydrogen (secondary N) is 3. The van der Waals surface area contributed by atoms with E-state index in [0.717, 1.165) is 88.6 Å². The van der Waals surface area contributed by atoms with Gasteiger partial charge in [-0.25, -0.2) is 9.97 Å². The molecular formula is C35H40N6O3. The quantitative estimate of drug-likeness (QED) is 0.0933. The smallest absolute Gasteiger partial charge is 0.220 e. The molecule has 0 atom stereocenters. The van der Waals surface area contributed by atoms with E-state index in [2.05, 4.69) is 40.2 Å². The summed E-state index contributed by atoms with van der Waals surface area (Å²) in [4.78, 5) is 30.5. The molecule has 0 aliphatic heterocycles. The summed E-state index contributed by atoms with van der Waals surface area (Å²) >= 11 is 0. The van der Waals surface area contributed by atoms with Gasteiger partial charge < -0.3 is 29.7 Å². The second kappa shape index (κ2) is 15.1. The van der Waals surface area contributed by atoms with Gasteiger partial charge in [0.1, 0.15) is 23.1 Å². The summed E-state index contributed by atoms with van der Waals surface area (Å²) in [6.45, 7) is 2.79. The molecule has 0 radical (unpaired) electrons. The van der Waals surface area contributed by atoms with Gasteiger partial charge in [-0.3, -0.25) is 4.79 Å². The molecule has 0 bridgehead atoms. The third kappa shape index (κ3) is 8.39. The molecular weight excluding hydrogens is 552 g/mol. The number of benzene rings is 3. The third-order valence-electron chi connectivity index (χ3n) is 7.25. The van der Waals surface area contributed by atoms with Crippen molar-refractivity contribution in [1.82, 2.24) is 30.2 Å². The van der Waals surface area contributed by atoms with Gasteiger partial charge in [0, 0.05) is 49.2 Å². The van der Waals surface area contributed by atoms with Gasteiger partial charge in [-0.05, 0) is 64.0 Å². The number of unbranched alkanes of at least 4 members (excludes halogenated alkanes) is 2. The number of carbonyl (C=O) groups excluding carboxylic acids is 1. The van der Waals surface area contributed by atoms with E-state index in [1.807, 2.05) is 60.7 Å². The van der Waals surface area contributed by atoms with Crippen LogP contribution < -0.4 is 14.8 Å². The largest absolute Gasteiger partial charge is 0.494 e. The first-order valence-electron chi connectivity index (χ1n) is 15.2. The lowest BCUT2D eigenvalue weighted by Gasteiger charge is -2.10. The second-order valence-corrected chi connectivity index (χ2v) is 11.1. The molecule has 0 aliphatic rings. The summed E-state index contributed by atoms with van der Waals surface area (Å²) in [6, 6.07) is 19.9. The zero-order valence-electron chi connectivity index (χ0n) is 25.5. The van der Waals surface area contributed by atoms with Gasteiger partial charge in [-0.2, -0.15) is 0 Å². The van der Waals surface area contributed by atoms with Crippen LogP contribution in [0.5, 0.6) is 11.5 Å². The number of hydrogen-bond acceptors (Lipinski definition) is 6. The molecule has 2 heterocycles. The SMILES string of the molecule is C#CCCCCNC(=O)CCCOc1ccc2[nH]c(-c3ccc(-c4nc5cc(OCCCN(C)C)ccc5[nH]4)cc3)nc2c1. The maximum atomic E-state index is 12.0. The monoisotopic (exact) mass is 592 g/mol. The first-order valence-corrected chi connectivity index (χ1v) is 15.2. The number of terminal acetylenes is 1. The lowest BCUT2D eigenvalue weighted by atomic mass is 10.1. The Morgan fingerprint density at radius 3 is 1.93 bits per heavy atom. The normalized spacial score (nSPS) is 11.2. The number of imidazole rings is 2. The molecule has 44 heavy (non-hydrogen) atoms. The topological polar surface area (TPSA) is 108 Å². The van der Waals surface area contributed by atoms with Crippen LogP contribution in [0, 0.1) is 12.3 Å². The van der Waals surface area contributed by atoms with Crippen molar-refractivity contribution in [3.05, 3.63) is 60.7 Å². The van der Waals surface area contributed by atoms with Gasteiger partial charge in [-0.1, -0.05) is 24.3 Å². The molecule has 0 saturated carbocycles. The summed E-state index contributed by atoms with van der Waals surface area (Å²) in [5.74, 6) is 5.79. The van der Waals surface area contributed by atoms with Crippen LogP contribution in [0.3, 0.4) is 0 Å². The zero-order chi connectivity index (χ0) is 30.7. The lowest BCUT2D eigenvalue weighted by molar-refractivity contribution is -0.121. The van der Waals surface area contributed by atoms with Crippen LogP contribution in [0.25, 0.3) is 44.8 Å². The fourth-order valence-corrected chi connectivity index (χ4v) is 4.87. The minimum atomic E-state index is 0.0402. The van der Waals surface area contributed by atoms with Crippen LogP contribution in [0.1, 0.15) is 38.5 Å². The Kier molecular flexibility index (Phi) is 10.5. The highest BCUT2D eigenvalue weighted by molar-refractivity contribution is 5.83. The van der Waals surface area contributed by atoms with E-state index in [4.69, 9.17) is 25.9 Å². The summed E-state index contributed by atoms with van der Waals surface area (Å²) in [7, 11) is 4.13. The van der Waals surface area contributed by atoms with Gasteiger partial charge in [0.05, 0.1) is 35.3 Å². The van der Waals surface area contributed by atoms with E-state index in [1.165, 1.54) is 0 Å². The van der Waals surface area contributed by atoms with Crippen LogP contribution in [0.15, 0.2) is 60.7 Å². The second-order valence-electron chi connectivity index (χ2n) is 11.1. The van der Waals surface area contributed by atoms with E-state index in [-0.39, 0.29) is 5.91 Å². The molecule has 9 heteroatoms. The average Bonchev–Trinajstić information content (AvgIpc) is 3.65. The van der Waals surface area contributed by atoms with Crippen LogP contribution in [-0.4, -0.2) is 71.1 Å². The highest BCUT2D eigenvalue weighted by Crippen LogP contribution is 2.28. The minimum absolute atomic E-state index is 0.0402. The number of hydrogen-bond donors (Lipinski definition) is 3. The Morgan fingerprint density at radius 1 is 0.818 bits per heavy atom. The van der Waals surface area contributed by atoms with Crippen molar-refractivity contribution < 1.29 is 14.3 Å². The predicted octanol–water partition coefficient (Wildman–Crippen LogP) is 6.18. The van der Waals surface area contributed by atoms with Crippen LogP contribution >= 0.6 is 0 Å². The number of carbonyl (C=O) groups is 1. The molecule has 2 aromatic heterocycles. The molecule has 5 rings (SSSR count). The van der Waals surface area contributed by atoms with Crippen molar-refractivity contribution in [3.8, 4) is 46.6 Å². The summed E-state index contributed by atoms with van der Waals surface area (Å²) in [6.07, 6.45) is 9.87. The van der Waals surface area contributed by atoms with E-state index >= 15 is 0 Å². The molecule has 0 saturated heterocycles. The Labute approximate surface area is 258 Å². The number of nitrogens with zero attached hydrogens (tertiary/aromatic N) is 3. The summed E-state index contributed by atoms with van der Waals surface area (Å²) in [5, 5.41) is 2.93. The molecule has 0 fully saturated rings. The molecule has 0 aliphatic carbocycles.